The number of benzene rings is 2. The fourth-order valence-electron chi connectivity index (χ4n) is 3.11. The Labute approximate surface area is 137 Å². The third-order valence-electron chi connectivity index (χ3n) is 4.27. The number of nitrogens with one attached hydrogen (secondary N) is 2. The quantitative estimate of drug-likeness (QED) is 0.534. The van der Waals surface area contributed by atoms with Crippen LogP contribution in [0.3, 0.4) is 0 Å². The molecule has 0 saturated heterocycles. The number of fused-ring (bicyclic) bond motifs is 3. The molecular formula is C18H17N5O. The highest BCUT2D eigenvalue weighted by Gasteiger charge is 2.10. The first-order valence-corrected chi connectivity index (χ1v) is 7.89. The minimum atomic E-state index is -0.264. The van der Waals surface area contributed by atoms with E-state index in [1.807, 2.05) is 18.2 Å². The molecule has 2 aromatic heterocycles. The van der Waals surface area contributed by atoms with Crippen LogP contribution in [0.2, 0.25) is 0 Å². The average Bonchev–Trinajstić information content (AvgIpc) is 3.10. The fourth-order valence-corrected chi connectivity index (χ4v) is 3.11. The molecule has 2 N–H and O–H groups in total. The van der Waals surface area contributed by atoms with Crippen LogP contribution >= 0.6 is 0 Å². The summed E-state index contributed by atoms with van der Waals surface area (Å²) in [6, 6.07) is 14.3. The van der Waals surface area contributed by atoms with Gasteiger partial charge >= 0.3 is 0 Å². The third kappa shape index (κ3) is 2.15. The molecule has 0 radical (unpaired) electrons. The topological polar surface area (TPSA) is 78.3 Å². The fraction of sp³-hybridized carbons (Fsp3) is 0.167. The molecule has 0 bridgehead atoms. The van der Waals surface area contributed by atoms with Crippen LogP contribution in [0, 0.1) is 6.92 Å². The molecule has 0 unspecified atom stereocenters. The molecule has 0 saturated carbocycles. The maximum atomic E-state index is 11.6. The van der Waals surface area contributed by atoms with Gasteiger partial charge in [-0.05, 0) is 38.1 Å². The lowest BCUT2D eigenvalue weighted by Gasteiger charge is -2.02. The lowest BCUT2D eigenvalue weighted by molar-refractivity contribution is 0.827. The zero-order valence-corrected chi connectivity index (χ0v) is 13.5. The smallest absolute Gasteiger partial charge is 0.291 e. The number of nitrogens with zero attached hydrogens (tertiary/aromatic N) is 3. The van der Waals surface area contributed by atoms with Crippen LogP contribution in [0.1, 0.15) is 12.6 Å². The molecule has 2 heterocycles. The van der Waals surface area contributed by atoms with Crippen molar-refractivity contribution in [1.29, 1.82) is 0 Å². The summed E-state index contributed by atoms with van der Waals surface area (Å²) in [5, 5.41) is 15.9. The minimum Gasteiger partial charge on any atom is -0.341 e. The van der Waals surface area contributed by atoms with Crippen LogP contribution in [-0.4, -0.2) is 14.8 Å². The maximum absolute atomic E-state index is 11.6. The van der Waals surface area contributed by atoms with E-state index in [-0.39, 0.29) is 5.56 Å². The van der Waals surface area contributed by atoms with Crippen molar-refractivity contribution in [2.24, 2.45) is 10.2 Å². The molecule has 0 aliphatic carbocycles. The number of aryl methyl sites for hydroxylation is 2. The summed E-state index contributed by atoms with van der Waals surface area (Å²) in [5.74, 6) is 0. The molecule has 0 spiro atoms. The van der Waals surface area contributed by atoms with Gasteiger partial charge in [0.05, 0.1) is 11.4 Å². The molecule has 2 aromatic carbocycles. The molecule has 4 aromatic rings. The Morgan fingerprint density at radius 1 is 1.00 bits per heavy atom. The monoisotopic (exact) mass is 319 g/mol. The van der Waals surface area contributed by atoms with Crippen molar-refractivity contribution >= 4 is 33.2 Å². The number of hydrogen-bond acceptors (Lipinski definition) is 3. The van der Waals surface area contributed by atoms with Gasteiger partial charge in [0.25, 0.3) is 5.56 Å². The normalized spacial score (nSPS) is 11.9. The van der Waals surface area contributed by atoms with E-state index in [1.165, 1.54) is 16.4 Å². The number of aromatic amines is 2. The summed E-state index contributed by atoms with van der Waals surface area (Å²) < 4.78 is 2.28. The van der Waals surface area contributed by atoms with Gasteiger partial charge in [0.1, 0.15) is 0 Å². The van der Waals surface area contributed by atoms with Crippen molar-refractivity contribution in [3.8, 4) is 0 Å². The van der Waals surface area contributed by atoms with Gasteiger partial charge in [-0.25, -0.2) is 0 Å². The molecule has 6 heteroatoms. The maximum Gasteiger partial charge on any atom is 0.291 e. The number of azo groups is 1. The second-order valence-electron chi connectivity index (χ2n) is 5.72. The highest BCUT2D eigenvalue weighted by atomic mass is 16.1. The third-order valence-corrected chi connectivity index (χ3v) is 4.27. The molecule has 0 fully saturated rings. The van der Waals surface area contributed by atoms with Gasteiger partial charge in [0, 0.05) is 28.4 Å². The second-order valence-corrected chi connectivity index (χ2v) is 5.72. The Kier molecular flexibility index (Phi) is 3.30. The van der Waals surface area contributed by atoms with Crippen LogP contribution in [-0.2, 0) is 6.54 Å². The number of hydrogen-bond donors (Lipinski definition) is 2. The largest absolute Gasteiger partial charge is 0.341 e. The Balaban J connectivity index is 1.87. The van der Waals surface area contributed by atoms with Crippen molar-refractivity contribution in [3.05, 3.63) is 58.5 Å². The number of aromatic nitrogens is 3. The Hall–Kier alpha value is -3.15. The van der Waals surface area contributed by atoms with E-state index in [1.54, 1.807) is 6.92 Å². The highest BCUT2D eigenvalue weighted by Crippen LogP contribution is 2.32. The van der Waals surface area contributed by atoms with Crippen LogP contribution < -0.4 is 5.56 Å². The SMILES string of the molecule is CCn1c2ccccc2c2cc(N=Nc3c(C)[nH][nH]c3=O)ccc21. The summed E-state index contributed by atoms with van der Waals surface area (Å²) in [6.45, 7) is 4.83. The molecular weight excluding hydrogens is 302 g/mol. The summed E-state index contributed by atoms with van der Waals surface area (Å²) >= 11 is 0. The van der Waals surface area contributed by atoms with Gasteiger partial charge in [0.15, 0.2) is 5.69 Å². The second kappa shape index (κ2) is 5.49. The van der Waals surface area contributed by atoms with Crippen LogP contribution in [0.4, 0.5) is 11.4 Å². The van der Waals surface area contributed by atoms with E-state index in [9.17, 15) is 4.79 Å². The lowest BCUT2D eigenvalue weighted by Crippen LogP contribution is -1.96. The first-order valence-electron chi connectivity index (χ1n) is 7.89. The van der Waals surface area contributed by atoms with Gasteiger partial charge in [-0.15, -0.1) is 5.11 Å². The van der Waals surface area contributed by atoms with E-state index in [0.717, 1.165) is 17.6 Å². The van der Waals surface area contributed by atoms with Crippen LogP contribution in [0.5, 0.6) is 0 Å². The summed E-state index contributed by atoms with van der Waals surface area (Å²) in [6.07, 6.45) is 0. The predicted molar refractivity (Wildman–Crippen MR) is 95.4 cm³/mol. The Morgan fingerprint density at radius 3 is 2.54 bits per heavy atom. The zero-order chi connectivity index (χ0) is 16.7. The van der Waals surface area contributed by atoms with Crippen molar-refractivity contribution in [2.45, 2.75) is 20.4 Å². The van der Waals surface area contributed by atoms with E-state index in [4.69, 9.17) is 0 Å². The number of H-pyrrole nitrogens is 2. The minimum absolute atomic E-state index is 0.264. The van der Waals surface area contributed by atoms with Gasteiger partial charge in [-0.1, -0.05) is 18.2 Å². The zero-order valence-electron chi connectivity index (χ0n) is 13.5. The molecule has 120 valence electrons. The predicted octanol–water partition coefficient (Wildman–Crippen LogP) is 4.55. The van der Waals surface area contributed by atoms with E-state index < -0.39 is 0 Å². The van der Waals surface area contributed by atoms with Gasteiger partial charge < -0.3 is 9.67 Å². The van der Waals surface area contributed by atoms with Crippen molar-refractivity contribution in [1.82, 2.24) is 14.8 Å². The van der Waals surface area contributed by atoms with Crippen LogP contribution in [0.25, 0.3) is 21.8 Å². The number of para-hydroxylation sites is 1. The Bertz CT molecular complexity index is 1130. The van der Waals surface area contributed by atoms with Gasteiger partial charge in [-0.3, -0.25) is 9.89 Å². The van der Waals surface area contributed by atoms with Crippen molar-refractivity contribution in [3.63, 3.8) is 0 Å². The molecule has 0 aliphatic rings. The van der Waals surface area contributed by atoms with E-state index in [0.29, 0.717) is 11.4 Å². The van der Waals surface area contributed by atoms with Crippen molar-refractivity contribution < 1.29 is 0 Å². The average molecular weight is 319 g/mol. The summed E-state index contributed by atoms with van der Waals surface area (Å²) in [7, 11) is 0. The molecule has 0 aliphatic heterocycles. The summed E-state index contributed by atoms with van der Waals surface area (Å²) in [5.41, 5.74) is 3.83. The standard InChI is InChI=1S/C18H17N5O/c1-3-23-15-7-5-4-6-13(15)14-10-12(8-9-16(14)23)20-21-17-11(2)19-22-18(17)24/h4-10H,3H2,1-2H3,(H2,19,22,24). The molecule has 6 nitrogen and oxygen atoms in total. The number of rotatable bonds is 3. The Morgan fingerprint density at radius 2 is 1.79 bits per heavy atom. The molecule has 4 rings (SSSR count). The van der Waals surface area contributed by atoms with Crippen molar-refractivity contribution in [2.75, 3.05) is 0 Å². The molecule has 0 atom stereocenters. The van der Waals surface area contributed by atoms with Gasteiger partial charge in [0.2, 0.25) is 0 Å². The summed E-state index contributed by atoms with van der Waals surface area (Å²) in [4.78, 5) is 11.6. The van der Waals surface area contributed by atoms with Crippen LogP contribution in [0.15, 0.2) is 57.5 Å². The molecule has 0 amide bonds. The highest BCUT2D eigenvalue weighted by molar-refractivity contribution is 6.08. The first-order chi connectivity index (χ1) is 11.7. The van der Waals surface area contributed by atoms with Gasteiger partial charge in [-0.2, -0.15) is 5.11 Å². The molecule has 24 heavy (non-hydrogen) atoms. The first kappa shape index (κ1) is 14.4. The van der Waals surface area contributed by atoms with E-state index >= 15 is 0 Å². The van der Waals surface area contributed by atoms with E-state index in [2.05, 4.69) is 56.2 Å². The lowest BCUT2D eigenvalue weighted by atomic mass is 10.1.